The Hall–Kier alpha value is -0.980. The lowest BCUT2D eigenvalue weighted by atomic mass is 10.3. The van der Waals surface area contributed by atoms with Gasteiger partial charge < -0.3 is 14.8 Å². The first kappa shape index (κ1) is 12.5. The van der Waals surface area contributed by atoms with Crippen molar-refractivity contribution < 1.29 is 14.3 Å². The largest absolute Gasteiger partial charge is 0.461 e. The van der Waals surface area contributed by atoms with Crippen molar-refractivity contribution in [3.8, 4) is 0 Å². The molecule has 2 rings (SSSR count). The minimum absolute atomic E-state index is 0.0932. The van der Waals surface area contributed by atoms with Gasteiger partial charge in [0.05, 0.1) is 25.9 Å². The third-order valence-electron chi connectivity index (χ3n) is 2.50. The molecule has 1 aliphatic rings. The Morgan fingerprint density at radius 2 is 2.53 bits per heavy atom. The monoisotopic (exact) mass is 256 g/mol. The van der Waals surface area contributed by atoms with Gasteiger partial charge in [0, 0.05) is 11.4 Å². The zero-order valence-corrected chi connectivity index (χ0v) is 10.8. The number of hydrogen-bond acceptors (Lipinski definition) is 6. The number of carbonyl (C=O) groups is 1. The lowest BCUT2D eigenvalue weighted by Gasteiger charge is -2.21. The summed E-state index contributed by atoms with van der Waals surface area (Å²) >= 11 is 1.52. The Balaban J connectivity index is 2.14. The number of rotatable bonds is 3. The van der Waals surface area contributed by atoms with Gasteiger partial charge in [-0.25, -0.2) is 9.78 Å². The van der Waals surface area contributed by atoms with E-state index in [1.807, 2.05) is 6.92 Å². The van der Waals surface area contributed by atoms with E-state index >= 15 is 0 Å². The standard InChI is InChI=1S/C11H16N2O3S/c1-3-16-11(14)9-7(2)17-10(13-9)8-6-15-5-4-12-8/h8,12H,3-6H2,1-2H3. The summed E-state index contributed by atoms with van der Waals surface area (Å²) in [6.45, 7) is 6.20. The van der Waals surface area contributed by atoms with Crippen LogP contribution < -0.4 is 5.32 Å². The van der Waals surface area contributed by atoms with E-state index in [1.54, 1.807) is 6.92 Å². The number of aromatic nitrogens is 1. The van der Waals surface area contributed by atoms with E-state index in [1.165, 1.54) is 11.3 Å². The summed E-state index contributed by atoms with van der Waals surface area (Å²) in [4.78, 5) is 16.9. The molecule has 1 aromatic rings. The minimum atomic E-state index is -0.343. The maximum Gasteiger partial charge on any atom is 0.358 e. The molecular weight excluding hydrogens is 240 g/mol. The van der Waals surface area contributed by atoms with E-state index in [9.17, 15) is 4.79 Å². The predicted molar refractivity (Wildman–Crippen MR) is 64.4 cm³/mol. The molecule has 17 heavy (non-hydrogen) atoms. The van der Waals surface area contributed by atoms with Crippen molar-refractivity contribution in [3.05, 3.63) is 15.6 Å². The van der Waals surface area contributed by atoms with Crippen LogP contribution in [0.3, 0.4) is 0 Å². The van der Waals surface area contributed by atoms with E-state index in [0.717, 1.165) is 23.0 Å². The molecule has 0 radical (unpaired) electrons. The van der Waals surface area contributed by atoms with Crippen molar-refractivity contribution >= 4 is 17.3 Å². The molecular formula is C11H16N2O3S. The fourth-order valence-electron chi connectivity index (χ4n) is 1.68. The van der Waals surface area contributed by atoms with Crippen LogP contribution in [0.15, 0.2) is 0 Å². The molecule has 1 unspecified atom stereocenters. The number of aryl methyl sites for hydroxylation is 1. The fourth-order valence-corrected chi connectivity index (χ4v) is 2.65. The molecule has 0 amide bonds. The number of hydrogen-bond donors (Lipinski definition) is 1. The maximum absolute atomic E-state index is 11.6. The zero-order chi connectivity index (χ0) is 12.3. The second-order valence-corrected chi connectivity index (χ2v) is 4.99. The molecule has 0 bridgehead atoms. The Bertz CT molecular complexity index is 399. The van der Waals surface area contributed by atoms with Crippen LogP contribution in [0.5, 0.6) is 0 Å². The van der Waals surface area contributed by atoms with E-state index in [-0.39, 0.29) is 12.0 Å². The SMILES string of the molecule is CCOC(=O)c1nc(C2COCCN2)sc1C. The molecule has 1 fully saturated rings. The number of ether oxygens (including phenoxy) is 2. The Labute approximate surface area is 104 Å². The van der Waals surface area contributed by atoms with Crippen molar-refractivity contribution in [2.75, 3.05) is 26.4 Å². The fraction of sp³-hybridized carbons (Fsp3) is 0.636. The van der Waals surface area contributed by atoms with Crippen LogP contribution in [0.1, 0.15) is 33.3 Å². The van der Waals surface area contributed by atoms with Gasteiger partial charge in [-0.15, -0.1) is 11.3 Å². The minimum Gasteiger partial charge on any atom is -0.461 e. The average molecular weight is 256 g/mol. The highest BCUT2D eigenvalue weighted by Gasteiger charge is 2.23. The summed E-state index contributed by atoms with van der Waals surface area (Å²) in [6, 6.07) is 0.0932. The maximum atomic E-state index is 11.6. The smallest absolute Gasteiger partial charge is 0.358 e. The van der Waals surface area contributed by atoms with Crippen LogP contribution in [0.4, 0.5) is 0 Å². The summed E-state index contributed by atoms with van der Waals surface area (Å²) in [5.41, 5.74) is 0.430. The van der Waals surface area contributed by atoms with E-state index in [0.29, 0.717) is 18.9 Å². The van der Waals surface area contributed by atoms with Crippen molar-refractivity contribution in [1.82, 2.24) is 10.3 Å². The summed E-state index contributed by atoms with van der Waals surface area (Å²) in [7, 11) is 0. The second kappa shape index (κ2) is 5.57. The Morgan fingerprint density at radius 3 is 3.18 bits per heavy atom. The number of nitrogens with zero attached hydrogens (tertiary/aromatic N) is 1. The molecule has 1 saturated heterocycles. The number of morpholine rings is 1. The van der Waals surface area contributed by atoms with Gasteiger partial charge in [0.2, 0.25) is 0 Å². The lowest BCUT2D eigenvalue weighted by molar-refractivity contribution is 0.0517. The summed E-state index contributed by atoms with van der Waals surface area (Å²) in [6.07, 6.45) is 0. The van der Waals surface area contributed by atoms with E-state index in [2.05, 4.69) is 10.3 Å². The number of thiazole rings is 1. The van der Waals surface area contributed by atoms with Gasteiger partial charge in [0.1, 0.15) is 5.01 Å². The highest BCUT2D eigenvalue weighted by atomic mass is 32.1. The van der Waals surface area contributed by atoms with Crippen LogP contribution in [-0.4, -0.2) is 37.3 Å². The Kier molecular flexibility index (Phi) is 4.09. The molecule has 1 aliphatic heterocycles. The molecule has 2 heterocycles. The third-order valence-corrected chi connectivity index (χ3v) is 3.59. The van der Waals surface area contributed by atoms with Crippen molar-refractivity contribution in [3.63, 3.8) is 0 Å². The molecule has 0 spiro atoms. The van der Waals surface area contributed by atoms with Gasteiger partial charge in [-0.1, -0.05) is 0 Å². The van der Waals surface area contributed by atoms with Gasteiger partial charge >= 0.3 is 5.97 Å². The molecule has 0 saturated carbocycles. The quantitative estimate of drug-likeness (QED) is 0.826. The number of carbonyl (C=O) groups excluding carboxylic acids is 1. The van der Waals surface area contributed by atoms with Crippen molar-refractivity contribution in [1.29, 1.82) is 0 Å². The van der Waals surface area contributed by atoms with Crippen LogP contribution >= 0.6 is 11.3 Å². The van der Waals surface area contributed by atoms with Crippen LogP contribution in [0.2, 0.25) is 0 Å². The average Bonchev–Trinajstić information content (AvgIpc) is 2.73. The second-order valence-electron chi connectivity index (χ2n) is 3.76. The van der Waals surface area contributed by atoms with E-state index in [4.69, 9.17) is 9.47 Å². The van der Waals surface area contributed by atoms with Gasteiger partial charge in [-0.2, -0.15) is 0 Å². The normalized spacial score (nSPS) is 20.2. The number of nitrogens with one attached hydrogen (secondary N) is 1. The van der Waals surface area contributed by atoms with Gasteiger partial charge in [0.25, 0.3) is 0 Å². The predicted octanol–water partition coefficient (Wildman–Crippen LogP) is 1.29. The van der Waals surface area contributed by atoms with Crippen molar-refractivity contribution in [2.45, 2.75) is 19.9 Å². The molecule has 0 aliphatic carbocycles. The first-order valence-electron chi connectivity index (χ1n) is 5.68. The topological polar surface area (TPSA) is 60.5 Å². The summed E-state index contributed by atoms with van der Waals surface area (Å²) in [5, 5.41) is 4.21. The molecule has 94 valence electrons. The molecule has 1 N–H and O–H groups in total. The van der Waals surface area contributed by atoms with Gasteiger partial charge in [-0.3, -0.25) is 0 Å². The zero-order valence-electron chi connectivity index (χ0n) is 9.99. The van der Waals surface area contributed by atoms with Crippen LogP contribution in [-0.2, 0) is 9.47 Å². The first-order chi connectivity index (χ1) is 8.22. The molecule has 6 heteroatoms. The van der Waals surface area contributed by atoms with Gasteiger partial charge in [-0.05, 0) is 13.8 Å². The summed E-state index contributed by atoms with van der Waals surface area (Å²) in [5.74, 6) is -0.343. The van der Waals surface area contributed by atoms with Crippen LogP contribution in [0, 0.1) is 6.92 Å². The van der Waals surface area contributed by atoms with Crippen LogP contribution in [0.25, 0.3) is 0 Å². The van der Waals surface area contributed by atoms with E-state index < -0.39 is 0 Å². The summed E-state index contributed by atoms with van der Waals surface area (Å²) < 4.78 is 10.3. The third kappa shape index (κ3) is 2.83. The highest BCUT2D eigenvalue weighted by Crippen LogP contribution is 2.25. The molecule has 5 nitrogen and oxygen atoms in total. The highest BCUT2D eigenvalue weighted by molar-refractivity contribution is 7.12. The molecule has 1 atom stereocenters. The van der Waals surface area contributed by atoms with Gasteiger partial charge in [0.15, 0.2) is 5.69 Å². The molecule has 0 aromatic carbocycles. The van der Waals surface area contributed by atoms with Crippen molar-refractivity contribution in [2.24, 2.45) is 0 Å². The Morgan fingerprint density at radius 1 is 1.71 bits per heavy atom. The first-order valence-corrected chi connectivity index (χ1v) is 6.49. The molecule has 1 aromatic heterocycles. The number of esters is 1. The lowest BCUT2D eigenvalue weighted by Crippen LogP contribution is -2.34.